The highest BCUT2D eigenvalue weighted by Crippen LogP contribution is 2.64. The third kappa shape index (κ3) is 1.85. The highest BCUT2D eigenvalue weighted by Gasteiger charge is 2.61. The van der Waals surface area contributed by atoms with E-state index in [0.29, 0.717) is 11.8 Å². The van der Waals surface area contributed by atoms with Crippen molar-refractivity contribution in [2.75, 3.05) is 0 Å². The molecule has 0 aromatic rings. The van der Waals surface area contributed by atoms with Crippen molar-refractivity contribution >= 4 is 5.78 Å². The molecule has 0 spiro atoms. The van der Waals surface area contributed by atoms with Crippen LogP contribution >= 0.6 is 0 Å². The highest BCUT2D eigenvalue weighted by molar-refractivity contribution is 6.01. The van der Waals surface area contributed by atoms with E-state index in [1.54, 1.807) is 6.08 Å². The standard InChI is InChI=1S/C22H26O2/c1-4-10-22(24)13-9-19-17-6-5-15-14-16(23)7-11-20(15,2)18(17)8-12-21(19,22)3/h7-8,11,14,17,19,24H,5-6,9,12-13H2,1-3H3/t17-,19+,20+,21+,22+/m1/s1. The Morgan fingerprint density at radius 3 is 2.83 bits per heavy atom. The topological polar surface area (TPSA) is 37.3 Å². The minimum Gasteiger partial charge on any atom is -0.377 e. The van der Waals surface area contributed by atoms with Crippen molar-refractivity contribution in [3.8, 4) is 11.8 Å². The molecule has 2 saturated carbocycles. The van der Waals surface area contributed by atoms with Crippen molar-refractivity contribution in [1.29, 1.82) is 0 Å². The van der Waals surface area contributed by atoms with E-state index in [4.69, 9.17) is 0 Å². The minimum atomic E-state index is -0.857. The lowest BCUT2D eigenvalue weighted by Gasteiger charge is -2.53. The Balaban J connectivity index is 1.78. The molecule has 24 heavy (non-hydrogen) atoms. The zero-order valence-corrected chi connectivity index (χ0v) is 14.9. The summed E-state index contributed by atoms with van der Waals surface area (Å²) in [5.41, 5.74) is 1.62. The highest BCUT2D eigenvalue weighted by atomic mass is 16.3. The van der Waals surface area contributed by atoms with Gasteiger partial charge in [-0.25, -0.2) is 0 Å². The monoisotopic (exact) mass is 322 g/mol. The molecule has 0 amide bonds. The van der Waals surface area contributed by atoms with Crippen LogP contribution in [-0.4, -0.2) is 16.5 Å². The Morgan fingerprint density at radius 1 is 1.29 bits per heavy atom. The quantitative estimate of drug-likeness (QED) is 0.541. The third-order valence-corrected chi connectivity index (χ3v) is 7.43. The van der Waals surface area contributed by atoms with Crippen molar-refractivity contribution in [1.82, 2.24) is 0 Å². The molecule has 0 aliphatic heterocycles. The summed E-state index contributed by atoms with van der Waals surface area (Å²) in [5, 5.41) is 11.2. The van der Waals surface area contributed by atoms with Gasteiger partial charge in [0, 0.05) is 10.8 Å². The van der Waals surface area contributed by atoms with Crippen LogP contribution in [0.25, 0.3) is 0 Å². The van der Waals surface area contributed by atoms with Gasteiger partial charge in [-0.05, 0) is 69.9 Å². The molecular weight excluding hydrogens is 296 g/mol. The smallest absolute Gasteiger partial charge is 0.178 e. The Labute approximate surface area is 144 Å². The number of allylic oxidation sites excluding steroid dienone is 6. The molecule has 0 unspecified atom stereocenters. The molecule has 0 aromatic carbocycles. The zero-order valence-electron chi connectivity index (χ0n) is 14.9. The van der Waals surface area contributed by atoms with E-state index in [0.717, 1.165) is 32.1 Å². The van der Waals surface area contributed by atoms with Crippen LogP contribution in [0.1, 0.15) is 52.9 Å². The number of carbonyl (C=O) groups is 1. The Kier molecular flexibility index (Phi) is 3.29. The fraction of sp³-hybridized carbons (Fsp3) is 0.591. The third-order valence-electron chi connectivity index (χ3n) is 7.43. The van der Waals surface area contributed by atoms with Gasteiger partial charge in [0.15, 0.2) is 5.78 Å². The summed E-state index contributed by atoms with van der Waals surface area (Å²) in [7, 11) is 0. The molecule has 1 N–H and O–H groups in total. The maximum atomic E-state index is 11.8. The Bertz CT molecular complexity index is 759. The average molecular weight is 322 g/mol. The van der Waals surface area contributed by atoms with E-state index in [-0.39, 0.29) is 16.6 Å². The summed E-state index contributed by atoms with van der Waals surface area (Å²) in [6.45, 7) is 6.31. The number of aliphatic hydroxyl groups is 1. The van der Waals surface area contributed by atoms with Crippen LogP contribution in [0.15, 0.2) is 35.5 Å². The average Bonchev–Trinajstić information content (AvgIpc) is 2.80. The number of hydrogen-bond acceptors (Lipinski definition) is 2. The summed E-state index contributed by atoms with van der Waals surface area (Å²) >= 11 is 0. The number of hydrogen-bond donors (Lipinski definition) is 1. The predicted molar refractivity (Wildman–Crippen MR) is 95.0 cm³/mol. The zero-order chi connectivity index (χ0) is 17.2. The van der Waals surface area contributed by atoms with Gasteiger partial charge < -0.3 is 5.11 Å². The summed E-state index contributed by atoms with van der Waals surface area (Å²) < 4.78 is 0. The summed E-state index contributed by atoms with van der Waals surface area (Å²) in [6, 6.07) is 0. The predicted octanol–water partition coefficient (Wildman–Crippen LogP) is 3.97. The summed E-state index contributed by atoms with van der Waals surface area (Å²) in [6.07, 6.45) is 12.8. The van der Waals surface area contributed by atoms with Crippen LogP contribution in [0.4, 0.5) is 0 Å². The van der Waals surface area contributed by atoms with E-state index in [9.17, 15) is 9.90 Å². The molecular formula is C22H26O2. The molecule has 0 radical (unpaired) electrons. The SMILES string of the molecule is CC#C[C@]1(O)CC[C@H]2[C@@H]3CCC4=CC(=O)C=C[C@]4(C)C3=CC[C@@]21C. The van der Waals surface area contributed by atoms with Crippen LogP contribution in [0.2, 0.25) is 0 Å². The summed E-state index contributed by atoms with van der Waals surface area (Å²) in [4.78, 5) is 11.8. The van der Waals surface area contributed by atoms with Crippen molar-refractivity contribution in [3.05, 3.63) is 35.5 Å². The van der Waals surface area contributed by atoms with E-state index in [1.165, 1.54) is 11.1 Å². The lowest BCUT2D eigenvalue weighted by molar-refractivity contribution is -0.110. The second-order valence-corrected chi connectivity index (χ2v) is 8.41. The molecule has 0 bridgehead atoms. The van der Waals surface area contributed by atoms with Crippen LogP contribution in [-0.2, 0) is 4.79 Å². The van der Waals surface area contributed by atoms with Gasteiger partial charge in [0.25, 0.3) is 0 Å². The van der Waals surface area contributed by atoms with Crippen molar-refractivity contribution in [3.63, 3.8) is 0 Å². The van der Waals surface area contributed by atoms with Gasteiger partial charge in [0.2, 0.25) is 0 Å². The van der Waals surface area contributed by atoms with Gasteiger partial charge in [0.05, 0.1) is 0 Å². The maximum absolute atomic E-state index is 11.8. The molecule has 5 atom stereocenters. The first-order chi connectivity index (χ1) is 11.3. The van der Waals surface area contributed by atoms with Crippen LogP contribution in [0.5, 0.6) is 0 Å². The van der Waals surface area contributed by atoms with Crippen LogP contribution in [0.3, 0.4) is 0 Å². The molecule has 4 aliphatic carbocycles. The van der Waals surface area contributed by atoms with Gasteiger partial charge in [-0.15, -0.1) is 5.92 Å². The molecule has 0 saturated heterocycles. The number of fused-ring (bicyclic) bond motifs is 5. The van der Waals surface area contributed by atoms with E-state index < -0.39 is 5.60 Å². The van der Waals surface area contributed by atoms with Crippen molar-refractivity contribution < 1.29 is 9.90 Å². The fourth-order valence-electron chi connectivity index (χ4n) is 5.95. The van der Waals surface area contributed by atoms with Gasteiger partial charge in [0.1, 0.15) is 5.60 Å². The van der Waals surface area contributed by atoms with Crippen molar-refractivity contribution in [2.45, 2.75) is 58.5 Å². The minimum absolute atomic E-state index is 0.102. The van der Waals surface area contributed by atoms with Crippen LogP contribution < -0.4 is 0 Å². The molecule has 2 nitrogen and oxygen atoms in total. The molecule has 2 fully saturated rings. The maximum Gasteiger partial charge on any atom is 0.178 e. The lowest BCUT2D eigenvalue weighted by Crippen LogP contribution is -2.49. The Morgan fingerprint density at radius 2 is 2.08 bits per heavy atom. The fourth-order valence-corrected chi connectivity index (χ4v) is 5.95. The number of rotatable bonds is 0. The second kappa shape index (κ2) is 4.96. The number of ketones is 1. The largest absolute Gasteiger partial charge is 0.377 e. The Hall–Kier alpha value is -1.59. The van der Waals surface area contributed by atoms with Gasteiger partial charge in [-0.3, -0.25) is 4.79 Å². The van der Waals surface area contributed by atoms with E-state index >= 15 is 0 Å². The molecule has 2 heteroatoms. The van der Waals surface area contributed by atoms with E-state index in [2.05, 4.69) is 37.8 Å². The van der Waals surface area contributed by atoms with Crippen molar-refractivity contribution in [2.24, 2.45) is 22.7 Å². The normalized spacial score (nSPS) is 46.1. The van der Waals surface area contributed by atoms with Gasteiger partial charge in [-0.2, -0.15) is 0 Å². The van der Waals surface area contributed by atoms with Gasteiger partial charge >= 0.3 is 0 Å². The second-order valence-electron chi connectivity index (χ2n) is 8.41. The van der Waals surface area contributed by atoms with E-state index in [1.807, 2.05) is 13.0 Å². The lowest BCUT2D eigenvalue weighted by atomic mass is 9.52. The first-order valence-electron chi connectivity index (χ1n) is 9.15. The molecule has 126 valence electrons. The van der Waals surface area contributed by atoms with Gasteiger partial charge in [-0.1, -0.05) is 36.1 Å². The molecule has 4 rings (SSSR count). The molecule has 0 aromatic heterocycles. The molecule has 0 heterocycles. The van der Waals surface area contributed by atoms with Crippen LogP contribution in [0, 0.1) is 34.5 Å². The summed E-state index contributed by atoms with van der Waals surface area (Å²) in [5.74, 6) is 7.19. The first kappa shape index (κ1) is 15.9. The first-order valence-corrected chi connectivity index (χ1v) is 9.15. The molecule has 4 aliphatic rings. The number of carbonyl (C=O) groups excluding carboxylic acids is 1.